The van der Waals surface area contributed by atoms with Crippen molar-refractivity contribution in [3.63, 3.8) is 0 Å². The molecule has 4 atom stereocenters. The maximum Gasteiger partial charge on any atom is 0.387 e. The third-order valence-corrected chi connectivity index (χ3v) is 4.80. The van der Waals surface area contributed by atoms with Gasteiger partial charge < -0.3 is 10.1 Å². The van der Waals surface area contributed by atoms with E-state index in [0.717, 1.165) is 17.4 Å². The monoisotopic (exact) mass is 281 g/mol. The van der Waals surface area contributed by atoms with Crippen LogP contribution in [-0.2, 0) is 0 Å². The molecule has 2 fully saturated rings. The molecule has 1 N–H and O–H groups in total. The van der Waals surface area contributed by atoms with Crippen molar-refractivity contribution in [2.75, 3.05) is 0 Å². The fourth-order valence-corrected chi connectivity index (χ4v) is 3.90. The van der Waals surface area contributed by atoms with Crippen LogP contribution in [0, 0.1) is 11.8 Å². The number of ether oxygens (including phenoxy) is 1. The molecule has 2 aliphatic carbocycles. The molecule has 0 aliphatic heterocycles. The second kappa shape index (κ2) is 5.68. The summed E-state index contributed by atoms with van der Waals surface area (Å²) in [6, 6.07) is 7.64. The lowest BCUT2D eigenvalue weighted by Gasteiger charge is -2.27. The molecule has 4 heteroatoms. The zero-order valence-corrected chi connectivity index (χ0v) is 11.7. The number of benzene rings is 1. The Morgan fingerprint density at radius 2 is 2.00 bits per heavy atom. The Morgan fingerprint density at radius 1 is 1.20 bits per heavy atom. The highest BCUT2D eigenvalue weighted by Crippen LogP contribution is 2.45. The van der Waals surface area contributed by atoms with Crippen LogP contribution in [0.1, 0.15) is 44.2 Å². The normalized spacial score (nSPS) is 29.9. The van der Waals surface area contributed by atoms with Gasteiger partial charge in [-0.2, -0.15) is 8.78 Å². The van der Waals surface area contributed by atoms with Gasteiger partial charge in [0.05, 0.1) is 0 Å². The number of alkyl halides is 2. The fourth-order valence-electron chi connectivity index (χ4n) is 3.90. The zero-order chi connectivity index (χ0) is 14.1. The highest BCUT2D eigenvalue weighted by molar-refractivity contribution is 5.35. The molecular weight excluding hydrogens is 260 g/mol. The van der Waals surface area contributed by atoms with Crippen molar-refractivity contribution >= 4 is 0 Å². The Morgan fingerprint density at radius 3 is 2.65 bits per heavy atom. The first-order valence-corrected chi connectivity index (χ1v) is 7.43. The fraction of sp³-hybridized carbons (Fsp3) is 0.625. The van der Waals surface area contributed by atoms with Gasteiger partial charge in [-0.05, 0) is 44.1 Å². The molecule has 2 saturated carbocycles. The van der Waals surface area contributed by atoms with E-state index in [1.54, 1.807) is 12.1 Å². The molecule has 1 aromatic rings. The second-order valence-corrected chi connectivity index (χ2v) is 6.09. The standard InChI is InChI=1S/C16H21F2NO/c1-10(19-14-9-11-6-7-12(14)8-11)13-4-2-3-5-15(13)20-16(17)18/h2-5,10-12,14,16,19H,6-9H2,1H3. The summed E-state index contributed by atoms with van der Waals surface area (Å²) in [7, 11) is 0. The Bertz CT molecular complexity index is 466. The van der Waals surface area contributed by atoms with Gasteiger partial charge in [-0.3, -0.25) is 0 Å². The van der Waals surface area contributed by atoms with E-state index >= 15 is 0 Å². The average Bonchev–Trinajstić information content (AvgIpc) is 3.00. The van der Waals surface area contributed by atoms with Crippen molar-refractivity contribution in [2.24, 2.45) is 11.8 Å². The largest absolute Gasteiger partial charge is 0.434 e. The molecular formula is C16H21F2NO. The van der Waals surface area contributed by atoms with E-state index < -0.39 is 6.61 Å². The molecule has 3 rings (SSSR count). The van der Waals surface area contributed by atoms with Crippen LogP contribution >= 0.6 is 0 Å². The van der Waals surface area contributed by atoms with Crippen molar-refractivity contribution in [1.82, 2.24) is 5.32 Å². The van der Waals surface area contributed by atoms with Crippen molar-refractivity contribution < 1.29 is 13.5 Å². The summed E-state index contributed by atoms with van der Waals surface area (Å²) in [5, 5.41) is 3.62. The summed E-state index contributed by atoms with van der Waals surface area (Å²) >= 11 is 0. The number of hydrogen-bond donors (Lipinski definition) is 1. The molecule has 0 aromatic heterocycles. The van der Waals surface area contributed by atoms with Gasteiger partial charge in [0.2, 0.25) is 0 Å². The van der Waals surface area contributed by atoms with E-state index in [0.29, 0.717) is 6.04 Å². The lowest BCUT2D eigenvalue weighted by molar-refractivity contribution is -0.0507. The summed E-state index contributed by atoms with van der Waals surface area (Å²) in [5.41, 5.74) is 0.815. The first-order valence-electron chi connectivity index (χ1n) is 7.43. The topological polar surface area (TPSA) is 21.3 Å². The first kappa shape index (κ1) is 13.8. The van der Waals surface area contributed by atoms with Crippen LogP contribution < -0.4 is 10.1 Å². The number of halogens is 2. The minimum absolute atomic E-state index is 0.0364. The Balaban J connectivity index is 1.69. The van der Waals surface area contributed by atoms with Gasteiger partial charge in [-0.25, -0.2) is 0 Å². The molecule has 2 aliphatic rings. The molecule has 0 radical (unpaired) electrons. The second-order valence-electron chi connectivity index (χ2n) is 6.09. The molecule has 0 heterocycles. The van der Waals surface area contributed by atoms with E-state index in [1.807, 2.05) is 19.1 Å². The minimum atomic E-state index is -2.77. The van der Waals surface area contributed by atoms with Crippen LogP contribution in [0.15, 0.2) is 24.3 Å². The Kier molecular flexibility index (Phi) is 3.92. The summed E-state index contributed by atoms with van der Waals surface area (Å²) < 4.78 is 29.5. The molecule has 110 valence electrons. The van der Waals surface area contributed by atoms with Crippen molar-refractivity contribution in [3.8, 4) is 5.75 Å². The Hall–Kier alpha value is -1.16. The molecule has 1 aromatic carbocycles. The maximum atomic E-state index is 12.4. The Labute approximate surface area is 118 Å². The minimum Gasteiger partial charge on any atom is -0.434 e. The van der Waals surface area contributed by atoms with E-state index in [4.69, 9.17) is 0 Å². The van der Waals surface area contributed by atoms with Gasteiger partial charge in [0, 0.05) is 17.6 Å². The molecule has 0 saturated heterocycles. The van der Waals surface area contributed by atoms with Crippen LogP contribution in [0.5, 0.6) is 5.75 Å². The summed E-state index contributed by atoms with van der Waals surface area (Å²) in [6.07, 6.45) is 5.24. The summed E-state index contributed by atoms with van der Waals surface area (Å²) in [4.78, 5) is 0. The van der Waals surface area contributed by atoms with Crippen molar-refractivity contribution in [3.05, 3.63) is 29.8 Å². The van der Waals surface area contributed by atoms with Gasteiger partial charge >= 0.3 is 6.61 Å². The molecule has 2 bridgehead atoms. The van der Waals surface area contributed by atoms with Gasteiger partial charge in [0.15, 0.2) is 0 Å². The van der Waals surface area contributed by atoms with Gasteiger partial charge in [-0.15, -0.1) is 0 Å². The number of nitrogens with one attached hydrogen (secondary N) is 1. The zero-order valence-electron chi connectivity index (χ0n) is 11.7. The maximum absolute atomic E-state index is 12.4. The molecule has 0 spiro atoms. The first-order chi connectivity index (χ1) is 9.63. The van der Waals surface area contributed by atoms with Crippen LogP contribution in [0.2, 0.25) is 0 Å². The van der Waals surface area contributed by atoms with Gasteiger partial charge in [0.1, 0.15) is 5.75 Å². The van der Waals surface area contributed by atoms with Crippen LogP contribution in [0.4, 0.5) is 8.78 Å². The molecule has 2 nitrogen and oxygen atoms in total. The lowest BCUT2D eigenvalue weighted by atomic mass is 9.94. The van der Waals surface area contributed by atoms with Crippen LogP contribution in [0.3, 0.4) is 0 Å². The third kappa shape index (κ3) is 2.80. The van der Waals surface area contributed by atoms with Crippen LogP contribution in [0.25, 0.3) is 0 Å². The van der Waals surface area contributed by atoms with Crippen molar-refractivity contribution in [2.45, 2.75) is 51.3 Å². The average molecular weight is 281 g/mol. The van der Waals surface area contributed by atoms with E-state index in [9.17, 15) is 8.78 Å². The van der Waals surface area contributed by atoms with Crippen LogP contribution in [-0.4, -0.2) is 12.7 Å². The number of hydrogen-bond acceptors (Lipinski definition) is 2. The third-order valence-electron chi connectivity index (χ3n) is 4.80. The number of para-hydroxylation sites is 1. The smallest absolute Gasteiger partial charge is 0.387 e. The highest BCUT2D eigenvalue weighted by atomic mass is 19.3. The van der Waals surface area contributed by atoms with E-state index in [1.165, 1.54) is 25.7 Å². The van der Waals surface area contributed by atoms with Crippen molar-refractivity contribution in [1.29, 1.82) is 0 Å². The molecule has 20 heavy (non-hydrogen) atoms. The molecule has 0 amide bonds. The lowest BCUT2D eigenvalue weighted by Crippen LogP contribution is -2.35. The number of rotatable bonds is 5. The highest BCUT2D eigenvalue weighted by Gasteiger charge is 2.39. The van der Waals surface area contributed by atoms with Gasteiger partial charge in [0.25, 0.3) is 0 Å². The van der Waals surface area contributed by atoms with Gasteiger partial charge in [-0.1, -0.05) is 24.6 Å². The molecule has 4 unspecified atom stereocenters. The predicted molar refractivity (Wildman–Crippen MR) is 73.9 cm³/mol. The SMILES string of the molecule is CC(NC1CC2CCC1C2)c1ccccc1OC(F)F. The summed E-state index contributed by atoms with van der Waals surface area (Å²) in [5.74, 6) is 1.92. The van der Waals surface area contributed by atoms with E-state index in [2.05, 4.69) is 10.1 Å². The predicted octanol–water partition coefficient (Wildman–Crippen LogP) is 4.13. The quantitative estimate of drug-likeness (QED) is 0.876. The number of fused-ring (bicyclic) bond motifs is 2. The van der Waals surface area contributed by atoms with E-state index in [-0.39, 0.29) is 11.8 Å². The summed E-state index contributed by atoms with van der Waals surface area (Å²) in [6.45, 7) is -0.745.